The van der Waals surface area contributed by atoms with Crippen LogP contribution in [0.5, 0.6) is 0 Å². The Morgan fingerprint density at radius 3 is 2.56 bits per heavy atom. The number of piperazine rings is 1. The number of aryl methyl sites for hydroxylation is 1. The summed E-state index contributed by atoms with van der Waals surface area (Å²) < 4.78 is 23.2. The minimum absolute atomic E-state index is 0.0182. The molecule has 0 N–H and O–H groups in total. The van der Waals surface area contributed by atoms with Gasteiger partial charge in [0.1, 0.15) is 0 Å². The highest BCUT2D eigenvalue weighted by Crippen LogP contribution is 2.20. The van der Waals surface area contributed by atoms with E-state index in [1.54, 1.807) is 12.2 Å². The fourth-order valence-electron chi connectivity index (χ4n) is 3.36. The first-order valence-electron chi connectivity index (χ1n) is 8.52. The van der Waals surface area contributed by atoms with E-state index in [0.29, 0.717) is 30.3 Å². The maximum Gasteiger partial charge on any atom is 0.246 e. The lowest BCUT2D eigenvalue weighted by atomic mass is 10.1. The molecule has 2 saturated heterocycles. The average Bonchev–Trinajstić information content (AvgIpc) is 2.96. The van der Waals surface area contributed by atoms with Gasteiger partial charge in [0.05, 0.1) is 11.5 Å². The molecule has 2 aliphatic rings. The molecule has 2 aliphatic heterocycles. The number of nitrogens with zero attached hydrogens (tertiary/aromatic N) is 2. The fraction of sp³-hybridized carbons (Fsp3) is 0.500. The van der Waals surface area contributed by atoms with Crippen molar-refractivity contribution < 1.29 is 13.2 Å². The van der Waals surface area contributed by atoms with Crippen LogP contribution in [0.25, 0.3) is 6.08 Å². The number of carbonyl (C=O) groups excluding carboxylic acids is 1. The zero-order valence-electron chi connectivity index (χ0n) is 14.3. The van der Waals surface area contributed by atoms with Crippen LogP contribution in [0.15, 0.2) is 24.3 Å². The standard InChI is InChI=1S/C18H23ClN2O3S/c1-14-2-3-15(12-17(14)19)4-5-18(22)21-9-7-20(8-10-21)16-6-11-25(23,24)13-16/h2-5,12,16H,6-11,13H2,1H3/b5-4+/t16-/m1/s1. The van der Waals surface area contributed by atoms with Crippen LogP contribution < -0.4 is 0 Å². The van der Waals surface area contributed by atoms with Crippen LogP contribution in [0.4, 0.5) is 0 Å². The summed E-state index contributed by atoms with van der Waals surface area (Å²) in [5, 5.41) is 0.690. The molecule has 0 aliphatic carbocycles. The molecule has 1 atom stereocenters. The van der Waals surface area contributed by atoms with E-state index in [9.17, 15) is 13.2 Å². The largest absolute Gasteiger partial charge is 0.337 e. The topological polar surface area (TPSA) is 57.7 Å². The Balaban J connectivity index is 1.53. The van der Waals surface area contributed by atoms with Crippen molar-refractivity contribution in [3.05, 3.63) is 40.4 Å². The molecule has 2 fully saturated rings. The second-order valence-electron chi connectivity index (χ2n) is 6.76. The molecule has 2 heterocycles. The smallest absolute Gasteiger partial charge is 0.246 e. The molecule has 1 aromatic carbocycles. The van der Waals surface area contributed by atoms with E-state index >= 15 is 0 Å². The van der Waals surface area contributed by atoms with Gasteiger partial charge < -0.3 is 4.90 Å². The Morgan fingerprint density at radius 2 is 1.96 bits per heavy atom. The predicted octanol–water partition coefficient (Wildman–Crippen LogP) is 1.99. The molecule has 0 saturated carbocycles. The SMILES string of the molecule is Cc1ccc(/C=C/C(=O)N2CCN([C@@H]3CCS(=O)(=O)C3)CC2)cc1Cl. The average molecular weight is 383 g/mol. The van der Waals surface area contributed by atoms with Crippen molar-refractivity contribution in [2.24, 2.45) is 0 Å². The first kappa shape index (κ1) is 18.4. The maximum atomic E-state index is 12.3. The van der Waals surface area contributed by atoms with Gasteiger partial charge >= 0.3 is 0 Å². The van der Waals surface area contributed by atoms with Gasteiger partial charge in [0.2, 0.25) is 5.91 Å². The summed E-state index contributed by atoms with van der Waals surface area (Å²) in [6.45, 7) is 4.67. The van der Waals surface area contributed by atoms with Gasteiger partial charge in [-0.3, -0.25) is 9.69 Å². The molecular weight excluding hydrogens is 360 g/mol. The van der Waals surface area contributed by atoms with E-state index in [0.717, 1.165) is 24.2 Å². The van der Waals surface area contributed by atoms with Crippen molar-refractivity contribution in [1.29, 1.82) is 0 Å². The van der Waals surface area contributed by atoms with E-state index in [2.05, 4.69) is 4.90 Å². The summed E-state index contributed by atoms with van der Waals surface area (Å²) in [4.78, 5) is 16.4. The van der Waals surface area contributed by atoms with Gasteiger partial charge in [-0.1, -0.05) is 23.7 Å². The number of carbonyl (C=O) groups is 1. The molecule has 3 rings (SSSR count). The van der Waals surface area contributed by atoms with E-state index < -0.39 is 9.84 Å². The third-order valence-electron chi connectivity index (χ3n) is 4.96. The number of benzene rings is 1. The molecule has 7 heteroatoms. The van der Waals surface area contributed by atoms with Crippen molar-refractivity contribution >= 4 is 33.4 Å². The second-order valence-corrected chi connectivity index (χ2v) is 9.40. The van der Waals surface area contributed by atoms with Crippen LogP contribution in [0.1, 0.15) is 17.5 Å². The van der Waals surface area contributed by atoms with Gasteiger partial charge in [0.25, 0.3) is 0 Å². The lowest BCUT2D eigenvalue weighted by molar-refractivity contribution is -0.127. The quantitative estimate of drug-likeness (QED) is 0.750. The van der Waals surface area contributed by atoms with E-state index in [-0.39, 0.29) is 17.7 Å². The Kier molecular flexibility index (Phi) is 5.51. The van der Waals surface area contributed by atoms with Gasteiger partial charge in [-0.25, -0.2) is 8.42 Å². The fourth-order valence-corrected chi connectivity index (χ4v) is 5.31. The summed E-state index contributed by atoms with van der Waals surface area (Å²) >= 11 is 6.10. The summed E-state index contributed by atoms with van der Waals surface area (Å²) in [6.07, 6.45) is 4.07. The first-order chi connectivity index (χ1) is 11.8. The lowest BCUT2D eigenvalue weighted by Gasteiger charge is -2.37. The third-order valence-corrected chi connectivity index (χ3v) is 7.12. The normalized spacial score (nSPS) is 24.1. The molecule has 1 amide bonds. The van der Waals surface area contributed by atoms with Gasteiger partial charge in [0.15, 0.2) is 9.84 Å². The minimum Gasteiger partial charge on any atom is -0.337 e. The molecule has 0 bridgehead atoms. The van der Waals surface area contributed by atoms with Crippen LogP contribution >= 0.6 is 11.6 Å². The van der Waals surface area contributed by atoms with Crippen LogP contribution in [0.3, 0.4) is 0 Å². The first-order valence-corrected chi connectivity index (χ1v) is 10.7. The third kappa shape index (κ3) is 4.63. The maximum absolute atomic E-state index is 12.3. The molecule has 5 nitrogen and oxygen atoms in total. The molecule has 0 unspecified atom stereocenters. The van der Waals surface area contributed by atoms with Crippen LogP contribution in [0.2, 0.25) is 5.02 Å². The van der Waals surface area contributed by atoms with Crippen molar-refractivity contribution in [2.45, 2.75) is 19.4 Å². The van der Waals surface area contributed by atoms with Crippen LogP contribution in [-0.2, 0) is 14.6 Å². The molecule has 0 aromatic heterocycles. The van der Waals surface area contributed by atoms with Crippen molar-refractivity contribution in [2.75, 3.05) is 37.7 Å². The van der Waals surface area contributed by atoms with Crippen LogP contribution in [0, 0.1) is 6.92 Å². The molecule has 0 radical (unpaired) electrons. The molecule has 0 spiro atoms. The van der Waals surface area contributed by atoms with E-state index in [1.165, 1.54) is 0 Å². The van der Waals surface area contributed by atoms with Gasteiger partial charge in [-0.2, -0.15) is 0 Å². The summed E-state index contributed by atoms with van der Waals surface area (Å²) in [5.41, 5.74) is 1.91. The Morgan fingerprint density at radius 1 is 1.24 bits per heavy atom. The van der Waals surface area contributed by atoms with Gasteiger partial charge in [0, 0.05) is 43.3 Å². The molecule has 25 heavy (non-hydrogen) atoms. The van der Waals surface area contributed by atoms with Crippen molar-refractivity contribution in [1.82, 2.24) is 9.80 Å². The highest BCUT2D eigenvalue weighted by atomic mass is 35.5. The van der Waals surface area contributed by atoms with Crippen molar-refractivity contribution in [3.63, 3.8) is 0 Å². The Bertz CT molecular complexity index is 784. The molecular formula is C18H23ClN2O3S. The zero-order chi connectivity index (χ0) is 18.0. The number of hydrogen-bond donors (Lipinski definition) is 0. The Labute approximate surface area is 154 Å². The number of amides is 1. The zero-order valence-corrected chi connectivity index (χ0v) is 15.9. The lowest BCUT2D eigenvalue weighted by Crippen LogP contribution is -2.52. The highest BCUT2D eigenvalue weighted by Gasteiger charge is 2.34. The number of sulfone groups is 1. The summed E-state index contributed by atoms with van der Waals surface area (Å²) in [7, 11) is -2.86. The monoisotopic (exact) mass is 382 g/mol. The van der Waals surface area contributed by atoms with E-state index in [1.807, 2.05) is 30.0 Å². The number of rotatable bonds is 3. The van der Waals surface area contributed by atoms with Gasteiger partial charge in [-0.15, -0.1) is 0 Å². The number of halogens is 1. The molecule has 1 aromatic rings. The number of hydrogen-bond acceptors (Lipinski definition) is 4. The Hall–Kier alpha value is -1.37. The molecule has 136 valence electrons. The van der Waals surface area contributed by atoms with Gasteiger partial charge in [-0.05, 0) is 36.6 Å². The highest BCUT2D eigenvalue weighted by molar-refractivity contribution is 7.91. The van der Waals surface area contributed by atoms with Crippen molar-refractivity contribution in [3.8, 4) is 0 Å². The minimum atomic E-state index is -2.86. The van der Waals surface area contributed by atoms with Crippen LogP contribution in [-0.4, -0.2) is 67.9 Å². The second kappa shape index (κ2) is 7.48. The van der Waals surface area contributed by atoms with E-state index in [4.69, 9.17) is 11.6 Å². The predicted molar refractivity (Wildman–Crippen MR) is 100 cm³/mol. The summed E-state index contributed by atoms with van der Waals surface area (Å²) in [6, 6.07) is 5.83. The summed E-state index contributed by atoms with van der Waals surface area (Å²) in [5.74, 6) is 0.531.